The monoisotopic (exact) mass is 633 g/mol. The van der Waals surface area contributed by atoms with Gasteiger partial charge in [0.1, 0.15) is 19.7 Å². The molecular weight excluding hydrogens is 585 g/mol. The predicted molar refractivity (Wildman–Crippen MR) is 187 cm³/mol. The second-order valence-electron chi connectivity index (χ2n) is 14.7. The molecule has 4 atom stereocenters. The molecule has 2 aliphatic heterocycles. The van der Waals surface area contributed by atoms with Gasteiger partial charge in [0.05, 0.1) is 28.7 Å². The molecule has 238 valence electrons. The fraction of sp³-hybridized carbons (Fsp3) is 0.474. The third kappa shape index (κ3) is 4.35. The maximum absolute atomic E-state index is 14.2. The van der Waals surface area contributed by atoms with Crippen molar-refractivity contribution in [3.05, 3.63) is 77.1 Å². The number of nitrogens with two attached hydrogens (primary N) is 1. The Morgan fingerprint density at radius 2 is 1.74 bits per heavy atom. The Morgan fingerprint density at radius 1 is 1.02 bits per heavy atom. The first-order chi connectivity index (χ1) is 23.1. The van der Waals surface area contributed by atoms with E-state index in [4.69, 9.17) is 24.8 Å². The van der Waals surface area contributed by atoms with Crippen LogP contribution in [0.4, 0.5) is 0 Å². The third-order valence-electron chi connectivity index (χ3n) is 11.5. The van der Waals surface area contributed by atoms with Gasteiger partial charge in [-0.05, 0) is 65.2 Å². The molecular formula is C38H46N6OSi. The van der Waals surface area contributed by atoms with Crippen molar-refractivity contribution in [3.63, 3.8) is 0 Å². The average molecular weight is 634 g/mol. The van der Waals surface area contributed by atoms with E-state index in [1.54, 1.807) is 6.07 Å². The Bertz CT molecular complexity index is 2000. The summed E-state index contributed by atoms with van der Waals surface area (Å²) < 4.78 is 27.6. The van der Waals surface area contributed by atoms with Crippen LogP contribution in [0.5, 0.6) is 0 Å². The maximum atomic E-state index is 14.2. The Labute approximate surface area is 278 Å². The highest BCUT2D eigenvalue weighted by atomic mass is 28.3. The lowest BCUT2D eigenvalue weighted by atomic mass is 9.68. The van der Waals surface area contributed by atoms with Crippen molar-refractivity contribution >= 4 is 25.0 Å². The zero-order chi connectivity index (χ0) is 35.2. The Balaban J connectivity index is 1.40. The van der Waals surface area contributed by atoms with E-state index in [-0.39, 0.29) is 6.04 Å². The summed E-state index contributed by atoms with van der Waals surface area (Å²) in [6.07, 6.45) is 6.03. The summed E-state index contributed by atoms with van der Waals surface area (Å²) in [5.41, 5.74) is 16.7. The van der Waals surface area contributed by atoms with Crippen LogP contribution in [0.3, 0.4) is 0 Å². The number of benzene rings is 2. The molecule has 1 amide bonds. The second-order valence-corrected chi connectivity index (χ2v) is 20.3. The Hall–Kier alpha value is -3.80. The topological polar surface area (TPSA) is 89.9 Å². The van der Waals surface area contributed by atoms with Crippen molar-refractivity contribution in [3.8, 4) is 22.6 Å². The molecule has 0 spiro atoms. The van der Waals surface area contributed by atoms with Crippen molar-refractivity contribution in [2.75, 3.05) is 6.98 Å². The summed E-state index contributed by atoms with van der Waals surface area (Å²) >= 11 is 0. The smallest absolute Gasteiger partial charge is 0.254 e. The fourth-order valence-corrected chi connectivity index (χ4v) is 13.9. The highest BCUT2D eigenvalue weighted by molar-refractivity contribution is 6.90. The Kier molecular flexibility index (Phi) is 6.47. The zero-order valence-electron chi connectivity index (χ0n) is 30.9. The standard InChI is InChI=1S/C38H46N6OSi/c1-22(2)46(23(3)4,24(5)6)17-15-26-10-9-11-29-34(26)32-19-33(43(8)36(29)45)35-42-30-13-12-27(18-31(30)44(32)35)28-20-40-37(41-21-28)38(39)16-14-25(38)7/h9-13,18,20-25,32-33H,14,16,19,39H2,1-8H3/t25?,32-,33-,38?/m1/s1/i8D3. The molecule has 1 saturated carbocycles. The number of hydrogen-bond donors (Lipinski definition) is 1. The maximum Gasteiger partial charge on any atom is 0.254 e. The number of amides is 1. The van der Waals surface area contributed by atoms with Crippen molar-refractivity contribution < 1.29 is 8.91 Å². The number of aromatic nitrogens is 4. The molecule has 4 aromatic rings. The van der Waals surface area contributed by atoms with E-state index in [9.17, 15) is 4.79 Å². The van der Waals surface area contributed by atoms with E-state index in [0.29, 0.717) is 46.2 Å². The second kappa shape index (κ2) is 10.9. The number of rotatable bonds is 5. The Morgan fingerprint density at radius 3 is 2.35 bits per heavy atom. The molecule has 1 fully saturated rings. The van der Waals surface area contributed by atoms with E-state index < -0.39 is 32.5 Å². The van der Waals surface area contributed by atoms with Gasteiger partial charge in [0.15, 0.2) is 0 Å². The molecule has 2 bridgehead atoms. The van der Waals surface area contributed by atoms with E-state index in [1.165, 1.54) is 0 Å². The van der Waals surface area contributed by atoms with Crippen LogP contribution in [-0.4, -0.2) is 45.4 Å². The van der Waals surface area contributed by atoms with Crippen LogP contribution in [0.15, 0.2) is 48.8 Å². The minimum atomic E-state index is -2.65. The minimum absolute atomic E-state index is 0.318. The summed E-state index contributed by atoms with van der Waals surface area (Å²) in [5.74, 6) is 4.72. The van der Waals surface area contributed by atoms with Crippen LogP contribution in [0, 0.1) is 17.4 Å². The van der Waals surface area contributed by atoms with Gasteiger partial charge < -0.3 is 15.2 Å². The molecule has 3 aliphatic rings. The van der Waals surface area contributed by atoms with Gasteiger partial charge in [-0.2, -0.15) is 0 Å². The normalized spacial score (nSPS) is 25.0. The quantitative estimate of drug-likeness (QED) is 0.179. The summed E-state index contributed by atoms with van der Waals surface area (Å²) in [6, 6.07) is 10.6. The van der Waals surface area contributed by atoms with Crippen LogP contribution in [0.2, 0.25) is 16.6 Å². The van der Waals surface area contributed by atoms with Crippen LogP contribution in [-0.2, 0) is 5.54 Å². The minimum Gasteiger partial charge on any atom is -0.331 e. The summed E-state index contributed by atoms with van der Waals surface area (Å²) in [7, 11) is -2.10. The summed E-state index contributed by atoms with van der Waals surface area (Å²) in [4.78, 5) is 29.7. The predicted octanol–water partition coefficient (Wildman–Crippen LogP) is 7.77. The number of hydrogen-bond acceptors (Lipinski definition) is 5. The highest BCUT2D eigenvalue weighted by Gasteiger charge is 2.46. The number of carbonyl (C=O) groups is 1. The van der Waals surface area contributed by atoms with Gasteiger partial charge in [-0.1, -0.05) is 66.5 Å². The molecule has 2 aromatic heterocycles. The zero-order valence-corrected chi connectivity index (χ0v) is 28.9. The van der Waals surface area contributed by atoms with Crippen molar-refractivity contribution in [2.45, 2.75) is 102 Å². The van der Waals surface area contributed by atoms with Crippen LogP contribution in [0.25, 0.3) is 22.2 Å². The third-order valence-corrected chi connectivity index (χ3v) is 17.8. The number of nitrogens with zero attached hydrogens (tertiary/aromatic N) is 5. The first-order valence-electron chi connectivity index (χ1n) is 18.2. The highest BCUT2D eigenvalue weighted by Crippen LogP contribution is 2.49. The lowest BCUT2D eigenvalue weighted by Gasteiger charge is -2.43. The largest absolute Gasteiger partial charge is 0.331 e. The molecule has 2 N–H and O–H groups in total. The molecule has 0 saturated heterocycles. The van der Waals surface area contributed by atoms with Gasteiger partial charge in [0.25, 0.3) is 5.91 Å². The average Bonchev–Trinajstić information content (AvgIpc) is 3.55. The summed E-state index contributed by atoms with van der Waals surface area (Å²) in [5, 5.41) is 0. The van der Waals surface area contributed by atoms with Crippen molar-refractivity contribution in [1.29, 1.82) is 0 Å². The van der Waals surface area contributed by atoms with Gasteiger partial charge in [-0.25, -0.2) is 15.0 Å². The molecule has 4 heterocycles. The SMILES string of the molecule is [2H]C([2H])([2H])N1C(=O)c2cccc(C#C[Si](C(C)C)(C(C)C)C(C)C)c2[C@H]2C[C@@H]1c1nc3ccc(-c4cnc(C5(N)CCC5C)nc4)cc3n12. The van der Waals surface area contributed by atoms with Crippen LogP contribution in [0.1, 0.15) is 117 Å². The first-order valence-corrected chi connectivity index (χ1v) is 19.0. The molecule has 46 heavy (non-hydrogen) atoms. The molecule has 1 aliphatic carbocycles. The van der Waals surface area contributed by atoms with E-state index in [2.05, 4.69) is 70.6 Å². The summed E-state index contributed by atoms with van der Waals surface area (Å²) in [6.45, 7) is 13.2. The molecule has 8 heteroatoms. The van der Waals surface area contributed by atoms with E-state index in [0.717, 1.165) is 51.0 Å². The number of imidazole rings is 1. The lowest BCUT2D eigenvalue weighted by Crippen LogP contribution is -2.51. The molecule has 2 aromatic carbocycles. The first kappa shape index (κ1) is 27.3. The van der Waals surface area contributed by atoms with Crippen molar-refractivity contribution in [2.24, 2.45) is 11.7 Å². The molecule has 0 radical (unpaired) electrons. The molecule has 2 unspecified atom stereocenters. The van der Waals surface area contributed by atoms with Crippen LogP contribution < -0.4 is 5.73 Å². The van der Waals surface area contributed by atoms with Gasteiger partial charge >= 0.3 is 0 Å². The fourth-order valence-electron chi connectivity index (χ4n) is 8.64. The van der Waals surface area contributed by atoms with E-state index in [1.807, 2.05) is 36.7 Å². The number of carbonyl (C=O) groups excluding carboxylic acids is 1. The van der Waals surface area contributed by atoms with Crippen molar-refractivity contribution in [1.82, 2.24) is 24.4 Å². The van der Waals surface area contributed by atoms with Gasteiger partial charge in [0, 0.05) is 52.2 Å². The van der Waals surface area contributed by atoms with Crippen LogP contribution >= 0.6 is 0 Å². The molecule has 7 nitrogen and oxygen atoms in total. The van der Waals surface area contributed by atoms with Gasteiger partial charge in [-0.3, -0.25) is 4.79 Å². The lowest BCUT2D eigenvalue weighted by molar-refractivity contribution is 0.0734. The van der Waals surface area contributed by atoms with Gasteiger partial charge in [0.2, 0.25) is 0 Å². The van der Waals surface area contributed by atoms with Gasteiger partial charge in [-0.15, -0.1) is 5.54 Å². The molecule has 7 rings (SSSR count). The van der Waals surface area contributed by atoms with E-state index >= 15 is 0 Å². The number of fused-ring (bicyclic) bond motifs is 9.